The van der Waals surface area contributed by atoms with Gasteiger partial charge in [-0.3, -0.25) is 4.79 Å². The van der Waals surface area contributed by atoms with Crippen molar-refractivity contribution in [3.63, 3.8) is 0 Å². The third-order valence-corrected chi connectivity index (χ3v) is 6.55. The van der Waals surface area contributed by atoms with E-state index in [1.54, 1.807) is 0 Å². The lowest BCUT2D eigenvalue weighted by Gasteiger charge is -2.27. The standard InChI is InChI=1S/C20H21Cl3N2O3S/c1-28-18(27)16-13-9-5-6-10-14(13)29-17(16)25-19(20(21,22)23)24-15(26)11-12-7-3-2-4-8-12/h2-4,7-8,19,25H,5-6,9-11H2,1H3,(H,24,26). The third-order valence-electron chi connectivity index (χ3n) is 4.68. The Bertz CT molecular complexity index is 881. The molecule has 2 aromatic rings. The first kappa shape index (κ1) is 22.2. The highest BCUT2D eigenvalue weighted by molar-refractivity contribution is 7.16. The number of ether oxygens (including phenoxy) is 1. The Morgan fingerprint density at radius 2 is 1.86 bits per heavy atom. The Balaban J connectivity index is 1.83. The van der Waals surface area contributed by atoms with Gasteiger partial charge in [-0.15, -0.1) is 11.3 Å². The monoisotopic (exact) mass is 474 g/mol. The van der Waals surface area contributed by atoms with Crippen LogP contribution in [0.2, 0.25) is 0 Å². The maximum Gasteiger partial charge on any atom is 0.341 e. The van der Waals surface area contributed by atoms with Crippen LogP contribution in [0.5, 0.6) is 0 Å². The molecule has 1 aliphatic carbocycles. The molecule has 156 valence electrons. The van der Waals surface area contributed by atoms with E-state index < -0.39 is 15.9 Å². The lowest BCUT2D eigenvalue weighted by Crippen LogP contribution is -2.49. The molecule has 2 N–H and O–H groups in total. The van der Waals surface area contributed by atoms with Crippen LogP contribution in [0.3, 0.4) is 0 Å². The zero-order valence-corrected chi connectivity index (χ0v) is 18.9. The number of benzene rings is 1. The maximum atomic E-state index is 12.5. The highest BCUT2D eigenvalue weighted by Gasteiger charge is 2.36. The summed E-state index contributed by atoms with van der Waals surface area (Å²) in [7, 11) is 1.34. The molecule has 0 aliphatic heterocycles. The Morgan fingerprint density at radius 1 is 1.17 bits per heavy atom. The zero-order chi connectivity index (χ0) is 21.0. The summed E-state index contributed by atoms with van der Waals surface area (Å²) in [6.45, 7) is 0. The molecule has 0 spiro atoms. The maximum absolute atomic E-state index is 12.5. The SMILES string of the molecule is COC(=O)c1c(NC(NC(=O)Cc2ccccc2)C(Cl)(Cl)Cl)sc2c1CCCC2. The van der Waals surface area contributed by atoms with E-state index in [1.807, 2.05) is 30.3 Å². The van der Waals surface area contributed by atoms with Crippen molar-refractivity contribution in [3.8, 4) is 0 Å². The lowest BCUT2D eigenvalue weighted by atomic mass is 9.95. The summed E-state index contributed by atoms with van der Waals surface area (Å²) < 4.78 is 3.14. The van der Waals surface area contributed by atoms with Crippen LogP contribution in [0.15, 0.2) is 30.3 Å². The van der Waals surface area contributed by atoms with Crippen LogP contribution >= 0.6 is 46.1 Å². The number of thiophene rings is 1. The average molecular weight is 476 g/mol. The summed E-state index contributed by atoms with van der Waals surface area (Å²) in [4.78, 5) is 26.1. The fraction of sp³-hybridized carbons (Fsp3) is 0.400. The van der Waals surface area contributed by atoms with Crippen molar-refractivity contribution in [2.75, 3.05) is 12.4 Å². The van der Waals surface area contributed by atoms with Gasteiger partial charge < -0.3 is 15.4 Å². The molecule has 1 atom stereocenters. The number of carbonyl (C=O) groups excluding carboxylic acids is 2. The van der Waals surface area contributed by atoms with Crippen LogP contribution in [-0.2, 0) is 28.8 Å². The summed E-state index contributed by atoms with van der Waals surface area (Å²) in [5, 5.41) is 6.34. The molecule has 1 amide bonds. The molecule has 0 bridgehead atoms. The second kappa shape index (κ2) is 9.56. The number of methoxy groups -OCH3 is 1. The van der Waals surface area contributed by atoms with Crippen LogP contribution in [0.1, 0.15) is 39.2 Å². The molecule has 5 nitrogen and oxygen atoms in total. The number of hydrogen-bond acceptors (Lipinski definition) is 5. The van der Waals surface area contributed by atoms with Crippen molar-refractivity contribution >= 4 is 63.0 Å². The number of amides is 1. The number of carbonyl (C=O) groups is 2. The van der Waals surface area contributed by atoms with Crippen LogP contribution in [0.25, 0.3) is 0 Å². The number of hydrogen-bond donors (Lipinski definition) is 2. The fourth-order valence-electron chi connectivity index (χ4n) is 3.31. The summed E-state index contributed by atoms with van der Waals surface area (Å²) in [5.41, 5.74) is 2.29. The lowest BCUT2D eigenvalue weighted by molar-refractivity contribution is -0.120. The van der Waals surface area contributed by atoms with E-state index in [1.165, 1.54) is 18.4 Å². The molecule has 1 unspecified atom stereocenters. The summed E-state index contributed by atoms with van der Waals surface area (Å²) in [6, 6.07) is 9.28. The van der Waals surface area contributed by atoms with Gasteiger partial charge in [0.25, 0.3) is 0 Å². The van der Waals surface area contributed by atoms with E-state index in [2.05, 4.69) is 10.6 Å². The van der Waals surface area contributed by atoms with Gasteiger partial charge in [-0.25, -0.2) is 4.79 Å². The van der Waals surface area contributed by atoms with Crippen molar-refractivity contribution in [2.45, 2.75) is 42.1 Å². The summed E-state index contributed by atoms with van der Waals surface area (Å²) >= 11 is 19.8. The van der Waals surface area contributed by atoms with Crippen LogP contribution in [0.4, 0.5) is 5.00 Å². The molecule has 0 saturated carbocycles. The van der Waals surface area contributed by atoms with Crippen molar-refractivity contribution in [1.82, 2.24) is 5.32 Å². The van der Waals surface area contributed by atoms with Gasteiger partial charge in [0.2, 0.25) is 9.70 Å². The molecule has 0 radical (unpaired) electrons. The van der Waals surface area contributed by atoms with E-state index in [0.29, 0.717) is 10.6 Å². The Kier molecular flexibility index (Phi) is 7.32. The van der Waals surface area contributed by atoms with E-state index in [0.717, 1.165) is 41.7 Å². The Hall–Kier alpha value is -1.47. The minimum Gasteiger partial charge on any atom is -0.465 e. The largest absolute Gasteiger partial charge is 0.465 e. The van der Waals surface area contributed by atoms with Crippen molar-refractivity contribution in [1.29, 1.82) is 0 Å². The van der Waals surface area contributed by atoms with Gasteiger partial charge in [-0.1, -0.05) is 65.1 Å². The number of aryl methyl sites for hydroxylation is 1. The van der Waals surface area contributed by atoms with Gasteiger partial charge in [-0.05, 0) is 36.8 Å². The Morgan fingerprint density at radius 3 is 2.52 bits per heavy atom. The van der Waals surface area contributed by atoms with Gasteiger partial charge in [0.05, 0.1) is 19.1 Å². The molecule has 0 saturated heterocycles. The van der Waals surface area contributed by atoms with Crippen molar-refractivity contribution in [2.24, 2.45) is 0 Å². The molecular formula is C20H21Cl3N2O3S. The van der Waals surface area contributed by atoms with E-state index in [9.17, 15) is 9.59 Å². The van der Waals surface area contributed by atoms with E-state index >= 15 is 0 Å². The molecule has 1 aromatic carbocycles. The molecule has 1 aliphatic rings. The van der Waals surface area contributed by atoms with E-state index in [4.69, 9.17) is 39.5 Å². The highest BCUT2D eigenvalue weighted by Crippen LogP contribution is 2.40. The Labute approximate surface area is 188 Å². The quantitative estimate of drug-likeness (QED) is 0.355. The third kappa shape index (κ3) is 5.57. The second-order valence-electron chi connectivity index (χ2n) is 6.76. The number of esters is 1. The first-order valence-corrected chi connectivity index (χ1v) is 11.1. The minimum atomic E-state index is -1.83. The van der Waals surface area contributed by atoms with Crippen LogP contribution < -0.4 is 10.6 Å². The van der Waals surface area contributed by atoms with E-state index in [-0.39, 0.29) is 12.3 Å². The summed E-state index contributed by atoms with van der Waals surface area (Å²) in [5.74, 6) is -0.744. The van der Waals surface area contributed by atoms with Crippen molar-refractivity contribution in [3.05, 3.63) is 51.9 Å². The van der Waals surface area contributed by atoms with Gasteiger partial charge in [0, 0.05) is 4.88 Å². The fourth-order valence-corrected chi connectivity index (χ4v) is 4.94. The smallest absolute Gasteiger partial charge is 0.341 e. The number of nitrogens with one attached hydrogen (secondary N) is 2. The van der Waals surface area contributed by atoms with Gasteiger partial charge in [-0.2, -0.15) is 0 Å². The number of rotatable bonds is 6. The zero-order valence-electron chi connectivity index (χ0n) is 15.8. The number of fused-ring (bicyclic) bond motifs is 1. The predicted octanol–water partition coefficient (Wildman–Crippen LogP) is 4.88. The van der Waals surface area contributed by atoms with Crippen LogP contribution in [-0.4, -0.2) is 28.9 Å². The molecule has 29 heavy (non-hydrogen) atoms. The average Bonchev–Trinajstić information content (AvgIpc) is 3.05. The molecule has 1 aromatic heterocycles. The number of alkyl halides is 3. The summed E-state index contributed by atoms with van der Waals surface area (Å²) in [6.07, 6.45) is 2.89. The van der Waals surface area contributed by atoms with Gasteiger partial charge in [0.1, 0.15) is 11.2 Å². The van der Waals surface area contributed by atoms with Crippen molar-refractivity contribution < 1.29 is 14.3 Å². The second-order valence-corrected chi connectivity index (χ2v) is 10.2. The molecule has 1 heterocycles. The first-order valence-electron chi connectivity index (χ1n) is 9.19. The highest BCUT2D eigenvalue weighted by atomic mass is 35.6. The number of halogens is 3. The van der Waals surface area contributed by atoms with Crippen LogP contribution in [0, 0.1) is 0 Å². The minimum absolute atomic E-state index is 0.143. The van der Waals surface area contributed by atoms with Gasteiger partial charge >= 0.3 is 5.97 Å². The topological polar surface area (TPSA) is 67.4 Å². The van der Waals surface area contributed by atoms with Gasteiger partial charge in [0.15, 0.2) is 0 Å². The normalized spacial score (nSPS) is 14.6. The molecule has 3 rings (SSSR count). The molecular weight excluding hydrogens is 455 g/mol. The predicted molar refractivity (Wildman–Crippen MR) is 118 cm³/mol. The molecule has 0 fully saturated rings. The first-order chi connectivity index (χ1) is 13.8. The molecule has 9 heteroatoms. The number of anilines is 1.